The first-order chi connectivity index (χ1) is 20.1. The first-order valence-electron chi connectivity index (χ1n) is 14.0. The third-order valence-corrected chi connectivity index (χ3v) is 8.09. The fourth-order valence-corrected chi connectivity index (χ4v) is 5.94. The molecule has 1 saturated heterocycles. The summed E-state index contributed by atoms with van der Waals surface area (Å²) in [5.41, 5.74) is 0.263. The molecule has 1 N–H and O–H groups in total. The summed E-state index contributed by atoms with van der Waals surface area (Å²) in [5, 5.41) is 2.62. The number of carbonyl (C=O) groups is 3. The second kappa shape index (κ2) is 11.9. The number of nitrogens with zero attached hydrogens (tertiary/aromatic N) is 3. The van der Waals surface area contributed by atoms with E-state index < -0.39 is 29.0 Å². The molecule has 0 spiro atoms. The highest BCUT2D eigenvalue weighted by Crippen LogP contribution is 2.36. The number of halogens is 2. The average Bonchev–Trinajstić information content (AvgIpc) is 3.50. The van der Waals surface area contributed by atoms with Gasteiger partial charge in [0.05, 0.1) is 18.9 Å². The summed E-state index contributed by atoms with van der Waals surface area (Å²) in [6, 6.07) is 9.79. The Labute approximate surface area is 243 Å². The van der Waals surface area contributed by atoms with E-state index in [4.69, 9.17) is 4.74 Å². The zero-order chi connectivity index (χ0) is 30.0. The fraction of sp³-hybridized carbons (Fsp3) is 0.375. The number of nitrogens with one attached hydrogen (secondary N) is 1. The van der Waals surface area contributed by atoms with Crippen molar-refractivity contribution >= 4 is 23.4 Å². The maximum absolute atomic E-state index is 15.5. The predicted octanol–water partition coefficient (Wildman–Crippen LogP) is 4.58. The van der Waals surface area contributed by atoms with Gasteiger partial charge in [0.25, 0.3) is 5.91 Å². The fourth-order valence-electron chi connectivity index (χ4n) is 5.94. The van der Waals surface area contributed by atoms with Crippen LogP contribution in [0.1, 0.15) is 55.0 Å². The van der Waals surface area contributed by atoms with E-state index in [2.05, 4.69) is 10.3 Å². The van der Waals surface area contributed by atoms with Gasteiger partial charge in [0.15, 0.2) is 0 Å². The maximum Gasteiger partial charge on any atom is 0.251 e. The first-order valence-corrected chi connectivity index (χ1v) is 14.0. The summed E-state index contributed by atoms with van der Waals surface area (Å²) in [4.78, 5) is 47.5. The van der Waals surface area contributed by atoms with E-state index in [1.165, 1.54) is 18.7 Å². The number of ether oxygens (including phenoxy) is 1. The Morgan fingerprint density at radius 3 is 2.40 bits per heavy atom. The Morgan fingerprint density at radius 1 is 1.05 bits per heavy atom. The van der Waals surface area contributed by atoms with Crippen LogP contribution in [0.4, 0.5) is 14.5 Å². The van der Waals surface area contributed by atoms with Crippen LogP contribution in [0.5, 0.6) is 5.75 Å². The van der Waals surface area contributed by atoms with Gasteiger partial charge in [0.2, 0.25) is 11.8 Å². The Morgan fingerprint density at radius 2 is 1.76 bits per heavy atom. The van der Waals surface area contributed by atoms with Crippen molar-refractivity contribution in [1.29, 1.82) is 0 Å². The molecule has 2 aliphatic heterocycles. The molecule has 1 unspecified atom stereocenters. The number of rotatable bonds is 7. The summed E-state index contributed by atoms with van der Waals surface area (Å²) >= 11 is 0. The number of methoxy groups -OCH3 is 1. The van der Waals surface area contributed by atoms with Crippen molar-refractivity contribution in [2.75, 3.05) is 32.1 Å². The molecule has 1 atom stereocenters. The van der Waals surface area contributed by atoms with E-state index in [1.807, 2.05) is 6.07 Å². The highest BCUT2D eigenvalue weighted by atomic mass is 19.1. The van der Waals surface area contributed by atoms with E-state index in [-0.39, 0.29) is 36.0 Å². The monoisotopic (exact) mass is 576 g/mol. The number of hydrogen-bond donors (Lipinski definition) is 1. The SMILES string of the molecule is COc1ccc2c(c1)CCN(C(=O)Cc1cccnc1)C2C(=O)Nc1cc(F)c(C(C)(C)C(=O)N2CCCC2)c(F)c1. The Hall–Kier alpha value is -4.34. The second-order valence-electron chi connectivity index (χ2n) is 11.3. The number of hydrogen-bond acceptors (Lipinski definition) is 5. The van der Waals surface area contributed by atoms with Crippen molar-refractivity contribution in [2.45, 2.75) is 51.0 Å². The normalized spacial score (nSPS) is 16.6. The van der Waals surface area contributed by atoms with Crippen LogP contribution in [0, 0.1) is 11.6 Å². The molecule has 0 aliphatic carbocycles. The molecule has 0 radical (unpaired) electrons. The van der Waals surface area contributed by atoms with Gasteiger partial charge < -0.3 is 19.9 Å². The maximum atomic E-state index is 15.5. The van der Waals surface area contributed by atoms with Crippen molar-refractivity contribution in [3.05, 3.63) is 88.7 Å². The lowest BCUT2D eigenvalue weighted by atomic mass is 9.82. The summed E-state index contributed by atoms with van der Waals surface area (Å²) in [5.74, 6) is -2.47. The van der Waals surface area contributed by atoms with Gasteiger partial charge in [-0.3, -0.25) is 19.4 Å². The topological polar surface area (TPSA) is 91.8 Å². The van der Waals surface area contributed by atoms with Crippen LogP contribution in [0.15, 0.2) is 54.9 Å². The third kappa shape index (κ3) is 5.70. The first kappa shape index (κ1) is 29.2. The van der Waals surface area contributed by atoms with E-state index in [9.17, 15) is 14.4 Å². The van der Waals surface area contributed by atoms with Crippen molar-refractivity contribution in [3.63, 3.8) is 0 Å². The van der Waals surface area contributed by atoms with Gasteiger partial charge >= 0.3 is 0 Å². The molecule has 2 aromatic carbocycles. The van der Waals surface area contributed by atoms with Crippen molar-refractivity contribution in [2.24, 2.45) is 0 Å². The summed E-state index contributed by atoms with van der Waals surface area (Å²) in [6.07, 6.45) is 5.47. The summed E-state index contributed by atoms with van der Waals surface area (Å²) in [6.45, 7) is 4.40. The quantitative estimate of drug-likeness (QED) is 0.445. The molecule has 42 heavy (non-hydrogen) atoms. The molecular weight excluding hydrogens is 542 g/mol. The van der Waals surface area contributed by atoms with E-state index in [1.54, 1.807) is 48.7 Å². The van der Waals surface area contributed by atoms with E-state index >= 15 is 8.78 Å². The molecule has 3 amide bonds. The van der Waals surface area contributed by atoms with Gasteiger partial charge in [0, 0.05) is 43.3 Å². The van der Waals surface area contributed by atoms with Crippen LogP contribution in [-0.2, 0) is 32.6 Å². The van der Waals surface area contributed by atoms with E-state index in [0.717, 1.165) is 30.5 Å². The molecule has 5 rings (SSSR count). The third-order valence-electron chi connectivity index (χ3n) is 8.09. The smallest absolute Gasteiger partial charge is 0.251 e. The number of likely N-dealkylation sites (tertiary alicyclic amines) is 1. The minimum Gasteiger partial charge on any atom is -0.497 e. The minimum atomic E-state index is -1.43. The molecule has 1 aromatic heterocycles. The number of benzene rings is 2. The van der Waals surface area contributed by atoms with Gasteiger partial charge in [-0.2, -0.15) is 0 Å². The van der Waals surface area contributed by atoms with E-state index in [0.29, 0.717) is 36.4 Å². The molecule has 1 fully saturated rings. The van der Waals surface area contributed by atoms with Crippen LogP contribution in [-0.4, -0.2) is 59.2 Å². The summed E-state index contributed by atoms with van der Waals surface area (Å²) in [7, 11) is 1.55. The molecule has 0 saturated carbocycles. The van der Waals surface area contributed by atoms with Gasteiger partial charge in [-0.15, -0.1) is 0 Å². The number of anilines is 1. The zero-order valence-electron chi connectivity index (χ0n) is 24.0. The van der Waals surface area contributed by atoms with Crippen LogP contribution < -0.4 is 10.1 Å². The Bertz CT molecular complexity index is 1480. The lowest BCUT2D eigenvalue weighted by Gasteiger charge is -2.36. The van der Waals surface area contributed by atoms with Gasteiger partial charge in [-0.05, 0) is 80.1 Å². The second-order valence-corrected chi connectivity index (χ2v) is 11.3. The van der Waals surface area contributed by atoms with Crippen molar-refractivity contribution in [3.8, 4) is 5.75 Å². The highest BCUT2D eigenvalue weighted by molar-refractivity contribution is 5.99. The molecule has 8 nitrogen and oxygen atoms in total. The zero-order valence-corrected chi connectivity index (χ0v) is 24.0. The van der Waals surface area contributed by atoms with Gasteiger partial charge in [0.1, 0.15) is 23.4 Å². The number of carbonyl (C=O) groups excluding carboxylic acids is 3. The molecule has 3 heterocycles. The predicted molar refractivity (Wildman–Crippen MR) is 153 cm³/mol. The molecule has 0 bridgehead atoms. The highest BCUT2D eigenvalue weighted by Gasteiger charge is 2.40. The number of amides is 3. The molecule has 10 heteroatoms. The van der Waals surface area contributed by atoms with Crippen LogP contribution in [0.2, 0.25) is 0 Å². The summed E-state index contributed by atoms with van der Waals surface area (Å²) < 4.78 is 36.3. The number of aromatic nitrogens is 1. The molecule has 220 valence electrons. The average molecular weight is 577 g/mol. The lowest BCUT2D eigenvalue weighted by Crippen LogP contribution is -2.46. The number of fused-ring (bicyclic) bond motifs is 1. The minimum absolute atomic E-state index is 0.0428. The van der Waals surface area contributed by atoms with Gasteiger partial charge in [-0.25, -0.2) is 8.78 Å². The van der Waals surface area contributed by atoms with Gasteiger partial charge in [-0.1, -0.05) is 12.1 Å². The largest absolute Gasteiger partial charge is 0.497 e. The van der Waals surface area contributed by atoms with Crippen LogP contribution >= 0.6 is 0 Å². The molecular formula is C32H34F2N4O4. The standard InChI is InChI=1S/C32H34F2N4O4/c1-32(2,31(41)37-12-4-5-13-37)28-25(33)17-22(18-26(28)34)36-30(40)29-24-9-8-23(42-3)16-21(24)10-14-38(29)27(39)15-20-7-6-11-35-19-20/h6-9,11,16-19,29H,4-5,10,12-15H2,1-3H3,(H,36,40). The number of pyridine rings is 1. The lowest BCUT2D eigenvalue weighted by molar-refractivity contribution is -0.139. The molecule has 2 aliphatic rings. The molecule has 3 aromatic rings. The van der Waals surface area contributed by atoms with Crippen LogP contribution in [0.3, 0.4) is 0 Å². The Kier molecular flexibility index (Phi) is 8.24. The Balaban J connectivity index is 1.44. The van der Waals surface area contributed by atoms with Crippen molar-refractivity contribution < 1.29 is 27.9 Å². The van der Waals surface area contributed by atoms with Crippen molar-refractivity contribution in [1.82, 2.24) is 14.8 Å². The van der Waals surface area contributed by atoms with Crippen LogP contribution in [0.25, 0.3) is 0 Å².